The van der Waals surface area contributed by atoms with Gasteiger partial charge in [-0.2, -0.15) is 0 Å². The number of hydrogen-bond donors (Lipinski definition) is 2. The van der Waals surface area contributed by atoms with Gasteiger partial charge < -0.3 is 9.84 Å². The number of nitrogens with one attached hydrogen (secondary N) is 1. The average molecular weight is 235 g/mol. The highest BCUT2D eigenvalue weighted by atomic mass is 32.2. The quantitative estimate of drug-likeness (QED) is 0.673. The van der Waals surface area contributed by atoms with Gasteiger partial charge in [-0.05, 0) is 19.3 Å². The fourth-order valence-electron chi connectivity index (χ4n) is 2.20. The van der Waals surface area contributed by atoms with Gasteiger partial charge in [-0.25, -0.2) is 13.1 Å². The summed E-state index contributed by atoms with van der Waals surface area (Å²) in [5.74, 6) is -2.22. The van der Waals surface area contributed by atoms with Gasteiger partial charge in [0.15, 0.2) is 5.75 Å². The lowest BCUT2D eigenvalue weighted by molar-refractivity contribution is -0.134. The second-order valence-corrected chi connectivity index (χ2v) is 5.74. The van der Waals surface area contributed by atoms with Crippen LogP contribution in [0.2, 0.25) is 0 Å². The topological polar surface area (TPSA) is 92.7 Å². The van der Waals surface area contributed by atoms with Crippen molar-refractivity contribution < 1.29 is 23.1 Å². The van der Waals surface area contributed by atoms with Crippen molar-refractivity contribution in [1.29, 1.82) is 0 Å². The number of ether oxygens (including phenoxy) is 1. The minimum Gasteiger partial charge on any atom is -0.480 e. The van der Waals surface area contributed by atoms with Crippen LogP contribution in [0.15, 0.2) is 0 Å². The SMILES string of the molecule is O=C(O)CS(=O)(=O)NC1CC2CCC1O2. The Morgan fingerprint density at radius 2 is 2.20 bits per heavy atom. The third kappa shape index (κ3) is 2.47. The Balaban J connectivity index is 1.95. The van der Waals surface area contributed by atoms with E-state index >= 15 is 0 Å². The molecule has 0 amide bonds. The molecule has 6 nitrogen and oxygen atoms in total. The Bertz CT molecular complexity index is 365. The Morgan fingerprint density at radius 3 is 2.67 bits per heavy atom. The van der Waals surface area contributed by atoms with Gasteiger partial charge in [0.2, 0.25) is 10.0 Å². The number of carboxylic acid groups (broad SMARTS) is 1. The molecule has 2 heterocycles. The molecule has 0 saturated carbocycles. The van der Waals surface area contributed by atoms with E-state index in [1.165, 1.54) is 0 Å². The fourth-order valence-corrected chi connectivity index (χ4v) is 3.31. The van der Waals surface area contributed by atoms with Crippen LogP contribution in [-0.2, 0) is 19.6 Å². The molecule has 2 N–H and O–H groups in total. The summed E-state index contributed by atoms with van der Waals surface area (Å²) in [6.45, 7) is 0. The summed E-state index contributed by atoms with van der Waals surface area (Å²) in [6.07, 6.45) is 2.56. The van der Waals surface area contributed by atoms with Gasteiger partial charge in [-0.1, -0.05) is 0 Å². The first-order valence-corrected chi connectivity index (χ1v) is 6.49. The van der Waals surface area contributed by atoms with Gasteiger partial charge in [-0.3, -0.25) is 4.79 Å². The van der Waals surface area contributed by atoms with Crippen LogP contribution in [0.25, 0.3) is 0 Å². The van der Waals surface area contributed by atoms with Crippen molar-refractivity contribution in [3.05, 3.63) is 0 Å². The van der Waals surface area contributed by atoms with Gasteiger partial charge in [-0.15, -0.1) is 0 Å². The highest BCUT2D eigenvalue weighted by molar-refractivity contribution is 7.90. The van der Waals surface area contributed by atoms with Gasteiger partial charge in [0, 0.05) is 0 Å². The number of hydrogen-bond acceptors (Lipinski definition) is 4. The van der Waals surface area contributed by atoms with Crippen molar-refractivity contribution in [3.63, 3.8) is 0 Å². The zero-order chi connectivity index (χ0) is 11.1. The van der Waals surface area contributed by atoms with Gasteiger partial charge in [0.05, 0.1) is 18.2 Å². The predicted molar refractivity (Wildman–Crippen MR) is 50.9 cm³/mol. The minimum absolute atomic E-state index is 0.0708. The molecule has 2 bridgehead atoms. The lowest BCUT2D eigenvalue weighted by atomic mass is 9.96. The molecule has 0 radical (unpaired) electrons. The predicted octanol–water partition coefficient (Wildman–Crippen LogP) is -0.690. The molecule has 2 aliphatic rings. The lowest BCUT2D eigenvalue weighted by Crippen LogP contribution is -2.43. The van der Waals surface area contributed by atoms with Crippen LogP contribution in [0.3, 0.4) is 0 Å². The molecule has 3 unspecified atom stereocenters. The summed E-state index contributed by atoms with van der Waals surface area (Å²) in [6, 6.07) is -0.243. The maximum atomic E-state index is 11.3. The van der Waals surface area contributed by atoms with Crippen LogP contribution in [-0.4, -0.2) is 43.5 Å². The standard InChI is InChI=1S/C8H13NO5S/c10-8(11)4-15(12,13)9-6-3-5-1-2-7(6)14-5/h5-7,9H,1-4H2,(H,10,11). The minimum atomic E-state index is -3.72. The third-order valence-corrected chi connectivity index (χ3v) is 4.04. The maximum Gasteiger partial charge on any atom is 0.320 e. The molecular formula is C8H13NO5S. The van der Waals surface area contributed by atoms with Gasteiger partial charge >= 0.3 is 5.97 Å². The first-order chi connectivity index (χ1) is 6.96. The smallest absolute Gasteiger partial charge is 0.320 e. The molecule has 86 valence electrons. The Hall–Kier alpha value is -0.660. The summed E-state index contributed by atoms with van der Waals surface area (Å²) in [4.78, 5) is 10.3. The van der Waals surface area contributed by atoms with Crippen LogP contribution >= 0.6 is 0 Å². The summed E-state index contributed by atoms with van der Waals surface area (Å²) >= 11 is 0. The van der Waals surface area contributed by atoms with E-state index in [4.69, 9.17) is 9.84 Å². The second-order valence-electron chi connectivity index (χ2n) is 3.99. The van der Waals surface area contributed by atoms with E-state index in [0.717, 1.165) is 12.8 Å². The van der Waals surface area contributed by atoms with E-state index < -0.39 is 21.7 Å². The van der Waals surface area contributed by atoms with E-state index in [0.29, 0.717) is 6.42 Å². The van der Waals surface area contributed by atoms with E-state index in [2.05, 4.69) is 4.72 Å². The first-order valence-electron chi connectivity index (χ1n) is 4.83. The van der Waals surface area contributed by atoms with Crippen molar-refractivity contribution in [3.8, 4) is 0 Å². The summed E-state index contributed by atoms with van der Waals surface area (Å²) in [7, 11) is -3.72. The van der Waals surface area contributed by atoms with E-state index in [9.17, 15) is 13.2 Å². The molecule has 7 heteroatoms. The van der Waals surface area contributed by atoms with Gasteiger partial charge in [0.25, 0.3) is 0 Å². The van der Waals surface area contributed by atoms with Crippen LogP contribution in [0.5, 0.6) is 0 Å². The van der Waals surface area contributed by atoms with Crippen LogP contribution in [0.1, 0.15) is 19.3 Å². The maximum absolute atomic E-state index is 11.3. The van der Waals surface area contributed by atoms with Gasteiger partial charge in [0.1, 0.15) is 0 Å². The largest absolute Gasteiger partial charge is 0.480 e. The molecule has 2 saturated heterocycles. The second kappa shape index (κ2) is 3.73. The van der Waals surface area contributed by atoms with E-state index in [1.807, 2.05) is 0 Å². The monoisotopic (exact) mass is 235 g/mol. The number of sulfonamides is 1. The van der Waals surface area contributed by atoms with Crippen molar-refractivity contribution in [1.82, 2.24) is 4.72 Å². The van der Waals surface area contributed by atoms with Crippen molar-refractivity contribution in [2.45, 2.75) is 37.5 Å². The number of rotatable bonds is 4. The Morgan fingerprint density at radius 1 is 1.47 bits per heavy atom. The fraction of sp³-hybridized carbons (Fsp3) is 0.875. The molecule has 2 aliphatic heterocycles. The number of carbonyl (C=O) groups is 1. The van der Waals surface area contributed by atoms with E-state index in [-0.39, 0.29) is 18.2 Å². The van der Waals surface area contributed by atoms with Crippen molar-refractivity contribution >= 4 is 16.0 Å². The molecular weight excluding hydrogens is 222 g/mol. The zero-order valence-electron chi connectivity index (χ0n) is 8.05. The highest BCUT2D eigenvalue weighted by Crippen LogP contribution is 2.34. The van der Waals surface area contributed by atoms with Crippen LogP contribution < -0.4 is 4.72 Å². The first kappa shape index (κ1) is 10.8. The number of carboxylic acids is 1. The van der Waals surface area contributed by atoms with Crippen LogP contribution in [0.4, 0.5) is 0 Å². The normalized spacial score (nSPS) is 34.5. The average Bonchev–Trinajstić information content (AvgIpc) is 2.60. The molecule has 15 heavy (non-hydrogen) atoms. The summed E-state index contributed by atoms with van der Waals surface area (Å²) in [5, 5.41) is 8.40. The zero-order valence-corrected chi connectivity index (χ0v) is 8.87. The molecule has 0 aromatic heterocycles. The molecule has 0 spiro atoms. The van der Waals surface area contributed by atoms with E-state index in [1.54, 1.807) is 0 Å². The molecule has 0 aliphatic carbocycles. The van der Waals surface area contributed by atoms with Crippen molar-refractivity contribution in [2.24, 2.45) is 0 Å². The molecule has 0 aromatic carbocycles. The Labute approximate surface area is 87.7 Å². The van der Waals surface area contributed by atoms with Crippen LogP contribution in [0, 0.1) is 0 Å². The molecule has 3 atom stereocenters. The summed E-state index contributed by atoms with van der Waals surface area (Å²) < 4.78 is 30.5. The summed E-state index contributed by atoms with van der Waals surface area (Å²) in [5.41, 5.74) is 0. The lowest BCUT2D eigenvalue weighted by Gasteiger charge is -2.19. The Kier molecular flexibility index (Phi) is 2.70. The molecule has 0 aromatic rings. The van der Waals surface area contributed by atoms with Crippen molar-refractivity contribution in [2.75, 3.05) is 5.75 Å². The molecule has 2 rings (SSSR count). The number of fused-ring (bicyclic) bond motifs is 2. The molecule has 2 fully saturated rings. The highest BCUT2D eigenvalue weighted by Gasteiger charge is 2.42. The third-order valence-electron chi connectivity index (χ3n) is 2.75. The number of aliphatic carboxylic acids is 1.